The zero-order valence-corrected chi connectivity index (χ0v) is 21.6. The Hall–Kier alpha value is -4.57. The number of methoxy groups -OCH3 is 1. The molecule has 3 aromatic rings. The van der Waals surface area contributed by atoms with Crippen LogP contribution in [0.1, 0.15) is 55.0 Å². The second-order valence-corrected chi connectivity index (χ2v) is 9.31. The number of phenolic OH excluding ortho intramolecular Hbond substituents is 3. The molecule has 1 aliphatic heterocycles. The number of phenols is 3. The van der Waals surface area contributed by atoms with Crippen molar-refractivity contribution < 1.29 is 39.2 Å². The average molecular weight is 535 g/mol. The van der Waals surface area contributed by atoms with E-state index in [4.69, 9.17) is 9.47 Å². The quantitative estimate of drug-likeness (QED) is 0.227. The third-order valence-corrected chi connectivity index (χ3v) is 6.55. The molecule has 39 heavy (non-hydrogen) atoms. The molecule has 1 amide bonds. The van der Waals surface area contributed by atoms with Gasteiger partial charge in [-0.15, -0.1) is 0 Å². The number of rotatable bonds is 7. The van der Waals surface area contributed by atoms with Crippen molar-refractivity contribution in [3.8, 4) is 23.0 Å². The average Bonchev–Trinajstić information content (AvgIpc) is 3.12. The lowest BCUT2D eigenvalue weighted by Crippen LogP contribution is -2.49. The Bertz CT molecular complexity index is 1360. The predicted molar refractivity (Wildman–Crippen MR) is 142 cm³/mol. The third-order valence-electron chi connectivity index (χ3n) is 6.55. The minimum absolute atomic E-state index is 0.0444. The first-order chi connectivity index (χ1) is 18.7. The summed E-state index contributed by atoms with van der Waals surface area (Å²) in [5.41, 5.74) is 0.554. The topological polar surface area (TPSA) is 154 Å². The molecule has 0 saturated carbocycles. The van der Waals surface area contributed by atoms with Gasteiger partial charge in [0.1, 0.15) is 40.2 Å². The highest BCUT2D eigenvalue weighted by Crippen LogP contribution is 2.37. The Morgan fingerprint density at radius 2 is 1.62 bits per heavy atom. The van der Waals surface area contributed by atoms with Crippen LogP contribution in [0.2, 0.25) is 0 Å². The number of aromatic hydroxyl groups is 3. The molecule has 10 heteroatoms. The van der Waals surface area contributed by atoms with Gasteiger partial charge in [-0.3, -0.25) is 9.59 Å². The van der Waals surface area contributed by atoms with Gasteiger partial charge in [-0.25, -0.2) is 4.79 Å². The van der Waals surface area contributed by atoms with E-state index in [-0.39, 0.29) is 22.8 Å². The number of nitrogens with one attached hydrogen (secondary N) is 2. The number of hydrogen-bond donors (Lipinski definition) is 5. The smallest absolute Gasteiger partial charge is 0.338 e. The van der Waals surface area contributed by atoms with Crippen molar-refractivity contribution in [1.29, 1.82) is 0 Å². The number of carbonyl (C=O) groups excluding carboxylic acids is 3. The zero-order chi connectivity index (χ0) is 28.1. The molecule has 10 nitrogen and oxygen atoms in total. The van der Waals surface area contributed by atoms with Crippen molar-refractivity contribution in [3.05, 3.63) is 82.4 Å². The molecule has 0 aliphatic carbocycles. The minimum atomic E-state index is -0.895. The summed E-state index contributed by atoms with van der Waals surface area (Å²) in [7, 11) is 1.31. The maximum absolute atomic E-state index is 13.1. The van der Waals surface area contributed by atoms with Gasteiger partial charge in [0.25, 0.3) is 5.91 Å². The number of hydrogen-bond acceptors (Lipinski definition) is 9. The van der Waals surface area contributed by atoms with Gasteiger partial charge in [-0.2, -0.15) is 0 Å². The van der Waals surface area contributed by atoms with Gasteiger partial charge in [0.2, 0.25) is 5.78 Å². The maximum Gasteiger partial charge on any atom is 0.338 e. The van der Waals surface area contributed by atoms with Crippen LogP contribution in [-0.2, 0) is 4.74 Å². The molecule has 0 aromatic heterocycles. The number of amides is 1. The second kappa shape index (κ2) is 11.9. The lowest BCUT2D eigenvalue weighted by molar-refractivity contribution is 0.0191. The number of ether oxygens (including phenoxy) is 2. The van der Waals surface area contributed by atoms with Gasteiger partial charge in [0, 0.05) is 12.1 Å². The Kier molecular flexibility index (Phi) is 8.36. The highest BCUT2D eigenvalue weighted by atomic mass is 16.5. The van der Waals surface area contributed by atoms with Crippen LogP contribution >= 0.6 is 0 Å². The van der Waals surface area contributed by atoms with E-state index < -0.39 is 46.7 Å². The third kappa shape index (κ3) is 6.12. The van der Waals surface area contributed by atoms with Crippen LogP contribution in [-0.4, -0.2) is 65.3 Å². The van der Waals surface area contributed by atoms with Crippen LogP contribution in [0.5, 0.6) is 23.0 Å². The zero-order valence-electron chi connectivity index (χ0n) is 21.6. The first-order valence-corrected chi connectivity index (χ1v) is 12.5. The summed E-state index contributed by atoms with van der Waals surface area (Å²) >= 11 is 0. The van der Waals surface area contributed by atoms with Crippen molar-refractivity contribution >= 4 is 17.7 Å². The summed E-state index contributed by atoms with van der Waals surface area (Å²) in [6.07, 6.45) is 0.485. The lowest BCUT2D eigenvalue weighted by atomic mass is 9.98. The van der Waals surface area contributed by atoms with Crippen molar-refractivity contribution in [2.24, 2.45) is 0 Å². The van der Waals surface area contributed by atoms with Crippen LogP contribution in [0.25, 0.3) is 0 Å². The maximum atomic E-state index is 13.1. The molecule has 1 aliphatic rings. The van der Waals surface area contributed by atoms with Gasteiger partial charge in [-0.05, 0) is 62.7 Å². The van der Waals surface area contributed by atoms with Crippen LogP contribution in [0.4, 0.5) is 0 Å². The lowest BCUT2D eigenvalue weighted by Gasteiger charge is -2.26. The predicted octanol–water partition coefficient (Wildman–Crippen LogP) is 3.06. The molecule has 3 aromatic carbocycles. The molecule has 1 heterocycles. The number of carbonyl (C=O) groups is 3. The monoisotopic (exact) mass is 534 g/mol. The molecule has 204 valence electrons. The first-order valence-electron chi connectivity index (χ1n) is 12.5. The summed E-state index contributed by atoms with van der Waals surface area (Å²) in [6, 6.07) is 12.8. The Morgan fingerprint density at radius 3 is 2.28 bits per heavy atom. The van der Waals surface area contributed by atoms with E-state index in [1.54, 1.807) is 12.1 Å². The molecule has 0 spiro atoms. The summed E-state index contributed by atoms with van der Waals surface area (Å²) in [5.74, 6) is -3.75. The van der Waals surface area contributed by atoms with Gasteiger partial charge < -0.3 is 35.4 Å². The normalized spacial score (nSPS) is 17.1. The molecule has 4 rings (SSSR count). The Morgan fingerprint density at radius 1 is 0.923 bits per heavy atom. The Labute approximate surface area is 225 Å². The fraction of sp³-hybridized carbons (Fsp3) is 0.276. The van der Waals surface area contributed by atoms with Crippen molar-refractivity contribution in [3.63, 3.8) is 0 Å². The van der Waals surface area contributed by atoms with Gasteiger partial charge >= 0.3 is 5.97 Å². The second-order valence-electron chi connectivity index (χ2n) is 9.31. The fourth-order valence-electron chi connectivity index (χ4n) is 4.47. The Balaban J connectivity index is 1.54. The molecule has 2 atom stereocenters. The highest BCUT2D eigenvalue weighted by Gasteiger charge is 2.31. The van der Waals surface area contributed by atoms with Crippen molar-refractivity contribution in [2.75, 3.05) is 20.2 Å². The summed E-state index contributed by atoms with van der Waals surface area (Å²) in [4.78, 5) is 38.9. The van der Waals surface area contributed by atoms with Crippen molar-refractivity contribution in [2.45, 2.75) is 31.9 Å². The van der Waals surface area contributed by atoms with Gasteiger partial charge in [-0.1, -0.05) is 23.8 Å². The molecule has 1 saturated heterocycles. The number of esters is 1. The molecular weight excluding hydrogens is 504 g/mol. The van der Waals surface area contributed by atoms with Gasteiger partial charge in [0.05, 0.1) is 18.7 Å². The van der Waals surface area contributed by atoms with E-state index in [1.165, 1.54) is 25.3 Å². The molecule has 5 N–H and O–H groups in total. The van der Waals surface area contributed by atoms with E-state index in [1.807, 2.05) is 19.1 Å². The van der Waals surface area contributed by atoms with Crippen LogP contribution < -0.4 is 15.4 Å². The van der Waals surface area contributed by atoms with Crippen molar-refractivity contribution in [1.82, 2.24) is 10.6 Å². The molecular formula is C29H30N2O8. The van der Waals surface area contributed by atoms with E-state index in [9.17, 15) is 29.7 Å². The number of aryl methyl sites for hydroxylation is 1. The summed E-state index contributed by atoms with van der Waals surface area (Å²) < 4.78 is 10.8. The van der Waals surface area contributed by atoms with E-state index in [2.05, 4.69) is 10.6 Å². The molecule has 0 unspecified atom stereocenters. The highest BCUT2D eigenvalue weighted by molar-refractivity contribution is 6.16. The largest absolute Gasteiger partial charge is 0.507 e. The van der Waals surface area contributed by atoms with E-state index in [0.29, 0.717) is 31.5 Å². The number of ketones is 1. The fourth-order valence-corrected chi connectivity index (χ4v) is 4.47. The number of benzene rings is 3. The molecule has 0 radical (unpaired) electrons. The molecule has 0 bridgehead atoms. The van der Waals surface area contributed by atoms with E-state index >= 15 is 0 Å². The van der Waals surface area contributed by atoms with E-state index in [0.717, 1.165) is 17.7 Å². The van der Waals surface area contributed by atoms with Crippen LogP contribution in [0, 0.1) is 6.92 Å². The molecule has 1 fully saturated rings. The van der Waals surface area contributed by atoms with Gasteiger partial charge in [0.15, 0.2) is 0 Å². The standard InChI is InChI=1S/C29H30N2O8/c1-16-8-10-17(11-9-16)28(36)31-19-15-30-12-4-7-23(19)39-29(37)18-13-21(33)25(22(34)14-18)27(35)26-20(32)5-3-6-24(26)38-2/h3,5-6,8-11,13-14,19,23,30,32-34H,4,7,12,15H2,1-2H3,(H,31,36)/t19-,23-/m0/s1. The van der Waals surface area contributed by atoms with Crippen LogP contribution in [0.15, 0.2) is 54.6 Å². The summed E-state index contributed by atoms with van der Waals surface area (Å²) in [6.45, 7) is 2.98. The SMILES string of the molecule is COc1cccc(O)c1C(=O)c1c(O)cc(C(=O)O[C@H]2CCCNC[C@@H]2NC(=O)c2ccc(C)cc2)cc1O. The minimum Gasteiger partial charge on any atom is -0.507 e. The first kappa shape index (κ1) is 27.5. The summed E-state index contributed by atoms with van der Waals surface area (Å²) in [5, 5.41) is 37.5. The van der Waals surface area contributed by atoms with Crippen LogP contribution in [0.3, 0.4) is 0 Å².